The van der Waals surface area contributed by atoms with E-state index in [0.717, 1.165) is 9.80 Å². The fraction of sp³-hybridized carbons (Fsp3) is 0.250. The van der Waals surface area contributed by atoms with Crippen LogP contribution in [0.15, 0.2) is 22.7 Å². The standard InChI is InChI=1S/C8H6Br4/c9-4-5-1-2-6(10)3-7(5)8(11)12/h1-3,8H,4H2. The normalized spacial score (nSPS) is 10.8. The van der Waals surface area contributed by atoms with Gasteiger partial charge in [-0.2, -0.15) is 0 Å². The van der Waals surface area contributed by atoms with Crippen LogP contribution in [-0.2, 0) is 5.33 Å². The summed E-state index contributed by atoms with van der Waals surface area (Å²) in [7, 11) is 0. The van der Waals surface area contributed by atoms with Crippen LogP contribution in [0.2, 0.25) is 0 Å². The molecule has 0 aromatic heterocycles. The number of hydrogen-bond donors (Lipinski definition) is 0. The maximum Gasteiger partial charge on any atom is 0.0949 e. The molecule has 0 fully saturated rings. The lowest BCUT2D eigenvalue weighted by atomic mass is 10.1. The van der Waals surface area contributed by atoms with Crippen LogP contribution < -0.4 is 0 Å². The first-order valence-electron chi connectivity index (χ1n) is 3.27. The molecule has 1 aromatic rings. The summed E-state index contributed by atoms with van der Waals surface area (Å²) in [5.74, 6) is 0. The van der Waals surface area contributed by atoms with Crippen molar-refractivity contribution in [3.8, 4) is 0 Å². The minimum Gasteiger partial charge on any atom is -0.0876 e. The molecule has 1 aromatic carbocycles. The molecule has 12 heavy (non-hydrogen) atoms. The smallest absolute Gasteiger partial charge is 0.0876 e. The Morgan fingerprint density at radius 2 is 1.92 bits per heavy atom. The fourth-order valence-electron chi connectivity index (χ4n) is 0.891. The summed E-state index contributed by atoms with van der Waals surface area (Å²) in [5.41, 5.74) is 2.54. The molecule has 0 radical (unpaired) electrons. The highest BCUT2D eigenvalue weighted by Gasteiger charge is 2.08. The van der Waals surface area contributed by atoms with E-state index in [1.807, 2.05) is 6.07 Å². The molecule has 0 aliphatic carbocycles. The Balaban J connectivity index is 3.12. The Morgan fingerprint density at radius 1 is 1.25 bits per heavy atom. The lowest BCUT2D eigenvalue weighted by Gasteiger charge is -2.08. The van der Waals surface area contributed by atoms with Gasteiger partial charge < -0.3 is 0 Å². The Bertz CT molecular complexity index is 270. The highest BCUT2D eigenvalue weighted by molar-refractivity contribution is 9.24. The van der Waals surface area contributed by atoms with E-state index < -0.39 is 0 Å². The van der Waals surface area contributed by atoms with Crippen LogP contribution in [0, 0.1) is 0 Å². The second-order valence-electron chi connectivity index (χ2n) is 2.28. The quantitative estimate of drug-likeness (QED) is 0.581. The van der Waals surface area contributed by atoms with Gasteiger partial charge in [-0.25, -0.2) is 0 Å². The average molecular weight is 422 g/mol. The van der Waals surface area contributed by atoms with Crippen molar-refractivity contribution in [3.63, 3.8) is 0 Å². The lowest BCUT2D eigenvalue weighted by Crippen LogP contribution is -1.89. The van der Waals surface area contributed by atoms with Crippen LogP contribution in [0.25, 0.3) is 0 Å². The molecule has 0 amide bonds. The van der Waals surface area contributed by atoms with Gasteiger partial charge in [-0.15, -0.1) is 0 Å². The molecule has 0 nitrogen and oxygen atoms in total. The van der Waals surface area contributed by atoms with Crippen LogP contribution in [0.5, 0.6) is 0 Å². The molecule has 0 aliphatic rings. The van der Waals surface area contributed by atoms with Crippen molar-refractivity contribution in [3.05, 3.63) is 33.8 Å². The van der Waals surface area contributed by atoms with Crippen molar-refractivity contribution in [2.45, 2.75) is 9.07 Å². The van der Waals surface area contributed by atoms with Crippen LogP contribution in [-0.4, -0.2) is 0 Å². The second kappa shape index (κ2) is 5.13. The monoisotopic (exact) mass is 418 g/mol. The van der Waals surface area contributed by atoms with Gasteiger partial charge in [0.15, 0.2) is 0 Å². The molecule has 66 valence electrons. The third kappa shape index (κ3) is 2.82. The van der Waals surface area contributed by atoms with E-state index in [-0.39, 0.29) is 3.74 Å². The minimum absolute atomic E-state index is 0.218. The van der Waals surface area contributed by atoms with Crippen LogP contribution in [0.3, 0.4) is 0 Å². The van der Waals surface area contributed by atoms with Crippen molar-refractivity contribution in [1.29, 1.82) is 0 Å². The first-order chi connectivity index (χ1) is 5.65. The number of hydrogen-bond acceptors (Lipinski definition) is 0. The van der Waals surface area contributed by atoms with E-state index in [0.29, 0.717) is 0 Å². The maximum atomic E-state index is 3.48. The van der Waals surface area contributed by atoms with Crippen molar-refractivity contribution in [2.24, 2.45) is 0 Å². The molecule has 1 rings (SSSR count). The molecule has 0 heterocycles. The molecule has 0 atom stereocenters. The Morgan fingerprint density at radius 3 is 2.42 bits per heavy atom. The zero-order valence-corrected chi connectivity index (χ0v) is 12.4. The third-order valence-corrected chi connectivity index (χ3v) is 3.57. The molecule has 0 saturated carbocycles. The molecular weight excluding hydrogens is 416 g/mol. The van der Waals surface area contributed by atoms with Crippen molar-refractivity contribution in [2.75, 3.05) is 0 Å². The number of benzene rings is 1. The summed E-state index contributed by atoms with van der Waals surface area (Å²) in [6, 6.07) is 6.25. The predicted molar refractivity (Wildman–Crippen MR) is 67.4 cm³/mol. The Hall–Kier alpha value is 1.14. The van der Waals surface area contributed by atoms with Crippen LogP contribution in [0.4, 0.5) is 0 Å². The SMILES string of the molecule is BrCc1ccc(Br)cc1C(Br)Br. The third-order valence-electron chi connectivity index (χ3n) is 1.49. The summed E-state index contributed by atoms with van der Waals surface area (Å²) in [5, 5.41) is 0.878. The first kappa shape index (κ1) is 11.2. The molecular formula is C8H6Br4. The Labute approximate surface area is 106 Å². The average Bonchev–Trinajstić information content (AvgIpc) is 2.04. The van der Waals surface area contributed by atoms with Crippen molar-refractivity contribution >= 4 is 63.7 Å². The molecule has 0 spiro atoms. The van der Waals surface area contributed by atoms with Gasteiger partial charge in [-0.3, -0.25) is 0 Å². The topological polar surface area (TPSA) is 0 Å². The summed E-state index contributed by atoms with van der Waals surface area (Å²) >= 11 is 13.8. The first-order valence-corrected chi connectivity index (χ1v) is 7.02. The summed E-state index contributed by atoms with van der Waals surface area (Å²) in [4.78, 5) is 0. The zero-order valence-electron chi connectivity index (χ0n) is 6.03. The summed E-state index contributed by atoms with van der Waals surface area (Å²) < 4.78 is 1.32. The molecule has 0 unspecified atom stereocenters. The van der Waals surface area contributed by atoms with Crippen LogP contribution in [0.1, 0.15) is 14.9 Å². The van der Waals surface area contributed by atoms with Gasteiger partial charge in [-0.1, -0.05) is 69.8 Å². The minimum atomic E-state index is 0.218. The van der Waals surface area contributed by atoms with Crippen molar-refractivity contribution < 1.29 is 0 Å². The molecule has 0 saturated heterocycles. The van der Waals surface area contributed by atoms with Gasteiger partial charge >= 0.3 is 0 Å². The van der Waals surface area contributed by atoms with Gasteiger partial charge in [0.1, 0.15) is 0 Å². The lowest BCUT2D eigenvalue weighted by molar-refractivity contribution is 1.29. The molecule has 0 bridgehead atoms. The maximum absolute atomic E-state index is 3.48. The van der Waals surface area contributed by atoms with Crippen LogP contribution >= 0.6 is 63.7 Å². The van der Waals surface area contributed by atoms with Crippen molar-refractivity contribution in [1.82, 2.24) is 0 Å². The second-order valence-corrected chi connectivity index (χ2v) is 6.81. The van der Waals surface area contributed by atoms with Gasteiger partial charge in [0, 0.05) is 9.80 Å². The number of halogens is 4. The molecule has 4 heteroatoms. The summed E-state index contributed by atoms with van der Waals surface area (Å²) in [6.07, 6.45) is 0. The van der Waals surface area contributed by atoms with E-state index in [4.69, 9.17) is 0 Å². The van der Waals surface area contributed by atoms with Gasteiger partial charge in [-0.05, 0) is 23.3 Å². The predicted octanol–water partition coefficient (Wildman–Crippen LogP) is 5.13. The highest BCUT2D eigenvalue weighted by atomic mass is 79.9. The van der Waals surface area contributed by atoms with Gasteiger partial charge in [0.2, 0.25) is 0 Å². The van der Waals surface area contributed by atoms with E-state index in [1.165, 1.54) is 11.1 Å². The van der Waals surface area contributed by atoms with E-state index in [9.17, 15) is 0 Å². The largest absolute Gasteiger partial charge is 0.0949 e. The Kier molecular flexibility index (Phi) is 4.79. The highest BCUT2D eigenvalue weighted by Crippen LogP contribution is 2.34. The summed E-state index contributed by atoms with van der Waals surface area (Å²) in [6.45, 7) is 0. The number of alkyl halides is 3. The van der Waals surface area contributed by atoms with Gasteiger partial charge in [0.05, 0.1) is 3.74 Å². The zero-order chi connectivity index (χ0) is 9.14. The van der Waals surface area contributed by atoms with E-state index in [2.05, 4.69) is 75.9 Å². The molecule has 0 N–H and O–H groups in total. The molecule has 0 aliphatic heterocycles. The van der Waals surface area contributed by atoms with E-state index >= 15 is 0 Å². The number of rotatable bonds is 2. The van der Waals surface area contributed by atoms with Gasteiger partial charge in [0.25, 0.3) is 0 Å². The van der Waals surface area contributed by atoms with E-state index in [1.54, 1.807) is 0 Å². The fourth-order valence-corrected chi connectivity index (χ4v) is 2.63.